The predicted octanol–water partition coefficient (Wildman–Crippen LogP) is 4.35. The Morgan fingerprint density at radius 3 is 2.37 bits per heavy atom. The van der Waals surface area contributed by atoms with Crippen LogP contribution in [0.3, 0.4) is 0 Å². The predicted molar refractivity (Wildman–Crippen MR) is 69.0 cm³/mol. The van der Waals surface area contributed by atoms with Crippen molar-refractivity contribution >= 4 is 33.2 Å². The fourth-order valence-electron chi connectivity index (χ4n) is 1.48. The van der Waals surface area contributed by atoms with Gasteiger partial charge in [-0.15, -0.1) is 0 Å². The molecule has 0 amide bonds. The summed E-state index contributed by atoms with van der Waals surface area (Å²) in [5.74, 6) is -2.01. The fraction of sp³-hybridized carbons (Fsp3) is 0. The molecule has 0 atom stereocenters. The third-order valence-corrected chi connectivity index (χ3v) is 3.08. The van der Waals surface area contributed by atoms with Crippen LogP contribution in [-0.2, 0) is 0 Å². The number of halogens is 4. The lowest BCUT2D eigenvalue weighted by molar-refractivity contribution is -0.384. The molecule has 0 aliphatic rings. The molecule has 0 fully saturated rings. The number of pyridine rings is 1. The molecule has 0 aliphatic carbocycles. The van der Waals surface area contributed by atoms with Gasteiger partial charge >= 0.3 is 0 Å². The van der Waals surface area contributed by atoms with Crippen LogP contribution >= 0.6 is 27.5 Å². The minimum Gasteiger partial charge on any atom is -0.258 e. The highest BCUT2D eigenvalue weighted by Gasteiger charge is 2.20. The van der Waals surface area contributed by atoms with E-state index in [2.05, 4.69) is 20.9 Å². The Morgan fingerprint density at radius 2 is 1.84 bits per heavy atom. The number of hydrogen-bond donors (Lipinski definition) is 0. The highest BCUT2D eigenvalue weighted by atomic mass is 79.9. The third kappa shape index (κ3) is 2.71. The molecule has 1 heterocycles. The molecule has 2 aromatic rings. The normalized spacial score (nSPS) is 10.5. The van der Waals surface area contributed by atoms with E-state index in [1.54, 1.807) is 0 Å². The van der Waals surface area contributed by atoms with Crippen molar-refractivity contribution in [1.82, 2.24) is 4.98 Å². The standard InChI is InChI=1S/C11H4BrClF2N2O2/c12-6-3-9(17(18)19)11(16-4-6)5-1-7(14)10(13)8(15)2-5/h1-4H. The molecule has 4 nitrogen and oxygen atoms in total. The smallest absolute Gasteiger partial charge is 0.258 e. The highest BCUT2D eigenvalue weighted by Crippen LogP contribution is 2.32. The van der Waals surface area contributed by atoms with Crippen molar-refractivity contribution in [2.75, 3.05) is 0 Å². The lowest BCUT2D eigenvalue weighted by Crippen LogP contribution is -1.96. The number of nitrogens with zero attached hydrogens (tertiary/aromatic N) is 2. The molecule has 19 heavy (non-hydrogen) atoms. The van der Waals surface area contributed by atoms with Gasteiger partial charge in [-0.05, 0) is 28.1 Å². The Bertz CT molecular complexity index is 659. The molecule has 2 rings (SSSR count). The third-order valence-electron chi connectivity index (χ3n) is 2.29. The average Bonchev–Trinajstić information content (AvgIpc) is 2.35. The molecule has 8 heteroatoms. The van der Waals surface area contributed by atoms with Crippen LogP contribution in [-0.4, -0.2) is 9.91 Å². The van der Waals surface area contributed by atoms with Crippen molar-refractivity contribution in [2.45, 2.75) is 0 Å². The van der Waals surface area contributed by atoms with Gasteiger partial charge in [-0.2, -0.15) is 0 Å². The molecule has 1 aromatic heterocycles. The lowest BCUT2D eigenvalue weighted by atomic mass is 10.1. The number of rotatable bonds is 2. The van der Waals surface area contributed by atoms with Crippen molar-refractivity contribution in [3.05, 3.63) is 55.6 Å². The first-order valence-corrected chi connectivity index (χ1v) is 6.02. The Hall–Kier alpha value is -1.60. The number of nitro groups is 1. The van der Waals surface area contributed by atoms with Crippen molar-refractivity contribution in [2.24, 2.45) is 0 Å². The van der Waals surface area contributed by atoms with Gasteiger partial charge in [0.15, 0.2) is 0 Å². The second-order valence-electron chi connectivity index (χ2n) is 3.53. The molecule has 98 valence electrons. The van der Waals surface area contributed by atoms with E-state index in [-0.39, 0.29) is 16.9 Å². The van der Waals surface area contributed by atoms with E-state index in [0.29, 0.717) is 4.47 Å². The maximum Gasteiger partial charge on any atom is 0.296 e. The maximum absolute atomic E-state index is 13.4. The van der Waals surface area contributed by atoms with Crippen LogP contribution in [0.4, 0.5) is 14.5 Å². The van der Waals surface area contributed by atoms with Crippen molar-refractivity contribution < 1.29 is 13.7 Å². The Morgan fingerprint density at radius 1 is 1.26 bits per heavy atom. The molecule has 0 bridgehead atoms. The first-order valence-electron chi connectivity index (χ1n) is 4.85. The van der Waals surface area contributed by atoms with Gasteiger partial charge in [0.2, 0.25) is 0 Å². The second kappa shape index (κ2) is 5.18. The van der Waals surface area contributed by atoms with Crippen LogP contribution in [0, 0.1) is 21.7 Å². The van der Waals surface area contributed by atoms with Crippen LogP contribution in [0.5, 0.6) is 0 Å². The molecule has 0 N–H and O–H groups in total. The summed E-state index contributed by atoms with van der Waals surface area (Å²) in [6.07, 6.45) is 1.30. The summed E-state index contributed by atoms with van der Waals surface area (Å²) in [5, 5.41) is 10.3. The van der Waals surface area contributed by atoms with E-state index in [4.69, 9.17) is 11.6 Å². The van der Waals surface area contributed by atoms with E-state index >= 15 is 0 Å². The van der Waals surface area contributed by atoms with Crippen LogP contribution in [0.2, 0.25) is 5.02 Å². The number of hydrogen-bond acceptors (Lipinski definition) is 3. The largest absolute Gasteiger partial charge is 0.296 e. The van der Waals surface area contributed by atoms with E-state index in [1.807, 2.05) is 0 Å². The van der Waals surface area contributed by atoms with Gasteiger partial charge in [0.1, 0.15) is 22.4 Å². The fourth-order valence-corrected chi connectivity index (χ4v) is 1.91. The molecule has 1 aromatic carbocycles. The summed E-state index contributed by atoms with van der Waals surface area (Å²) in [6.45, 7) is 0. The van der Waals surface area contributed by atoms with Gasteiger partial charge in [0.25, 0.3) is 5.69 Å². The zero-order valence-electron chi connectivity index (χ0n) is 9.03. The summed E-state index contributed by atoms with van der Waals surface area (Å²) >= 11 is 8.39. The van der Waals surface area contributed by atoms with Gasteiger partial charge < -0.3 is 0 Å². The zero-order valence-corrected chi connectivity index (χ0v) is 11.4. The lowest BCUT2D eigenvalue weighted by Gasteiger charge is -2.05. The molecule has 0 radical (unpaired) electrons. The summed E-state index contributed by atoms with van der Waals surface area (Å²) in [6, 6.07) is 3.00. The molecular weight excluding hydrogens is 345 g/mol. The second-order valence-corrected chi connectivity index (χ2v) is 4.83. The summed E-state index contributed by atoms with van der Waals surface area (Å²) < 4.78 is 27.1. The van der Waals surface area contributed by atoms with Gasteiger partial charge in [-0.1, -0.05) is 11.6 Å². The van der Waals surface area contributed by atoms with Gasteiger partial charge in [0.05, 0.1) is 4.92 Å². The molecule has 0 aliphatic heterocycles. The first-order chi connectivity index (χ1) is 8.90. The monoisotopic (exact) mass is 348 g/mol. The Kier molecular flexibility index (Phi) is 3.77. The first kappa shape index (κ1) is 13.8. The van der Waals surface area contributed by atoms with Crippen LogP contribution in [0.1, 0.15) is 0 Å². The topological polar surface area (TPSA) is 56.0 Å². The minimum absolute atomic E-state index is 0.0569. The van der Waals surface area contributed by atoms with Crippen molar-refractivity contribution in [3.8, 4) is 11.3 Å². The molecule has 0 saturated heterocycles. The molecule has 0 spiro atoms. The SMILES string of the molecule is O=[N+]([O-])c1cc(Br)cnc1-c1cc(F)c(Cl)c(F)c1. The number of aromatic nitrogens is 1. The minimum atomic E-state index is -1.00. The van der Waals surface area contributed by atoms with E-state index < -0.39 is 21.6 Å². The van der Waals surface area contributed by atoms with E-state index in [9.17, 15) is 18.9 Å². The van der Waals surface area contributed by atoms with Crippen molar-refractivity contribution in [1.29, 1.82) is 0 Å². The van der Waals surface area contributed by atoms with E-state index in [1.165, 1.54) is 12.3 Å². The van der Waals surface area contributed by atoms with Crippen LogP contribution in [0.15, 0.2) is 28.9 Å². The summed E-state index contributed by atoms with van der Waals surface area (Å²) in [5.41, 5.74) is -0.559. The molecular formula is C11H4BrClF2N2O2. The van der Waals surface area contributed by atoms with Crippen LogP contribution in [0.25, 0.3) is 11.3 Å². The quantitative estimate of drug-likeness (QED) is 0.460. The Balaban J connectivity index is 2.68. The Labute approximate surface area is 119 Å². The highest BCUT2D eigenvalue weighted by molar-refractivity contribution is 9.10. The summed E-state index contributed by atoms with van der Waals surface area (Å²) in [4.78, 5) is 14.0. The van der Waals surface area contributed by atoms with E-state index in [0.717, 1.165) is 12.1 Å². The van der Waals surface area contributed by atoms with Gasteiger partial charge in [-0.3, -0.25) is 10.1 Å². The maximum atomic E-state index is 13.4. The molecule has 0 unspecified atom stereocenters. The number of benzene rings is 1. The van der Waals surface area contributed by atoms with Crippen molar-refractivity contribution in [3.63, 3.8) is 0 Å². The van der Waals surface area contributed by atoms with Gasteiger partial charge in [0, 0.05) is 22.3 Å². The average molecular weight is 350 g/mol. The summed E-state index contributed by atoms with van der Waals surface area (Å²) in [7, 11) is 0. The van der Waals surface area contributed by atoms with Crippen LogP contribution < -0.4 is 0 Å². The van der Waals surface area contributed by atoms with Gasteiger partial charge in [-0.25, -0.2) is 13.8 Å². The molecule has 0 saturated carbocycles. The zero-order chi connectivity index (χ0) is 14.2.